The van der Waals surface area contributed by atoms with Gasteiger partial charge in [0.05, 0.1) is 4.92 Å². The fraction of sp³-hybridized carbons (Fsp3) is 0.538. The van der Waals surface area contributed by atoms with E-state index in [0.717, 1.165) is 6.20 Å². The molecular weight excluding hydrogens is 276 g/mol. The van der Waals surface area contributed by atoms with Crippen LogP contribution in [0.2, 0.25) is 0 Å². The minimum Gasteiger partial charge on any atom is -0.396 e. The number of rotatable bonds is 7. The van der Waals surface area contributed by atoms with Gasteiger partial charge in [-0.05, 0) is 20.3 Å². The molecule has 1 heterocycles. The van der Waals surface area contributed by atoms with E-state index in [2.05, 4.69) is 10.3 Å². The van der Waals surface area contributed by atoms with Crippen LogP contribution in [-0.2, 0) is 0 Å². The van der Waals surface area contributed by atoms with Crippen molar-refractivity contribution in [2.75, 3.05) is 25.5 Å². The number of aliphatic hydroxyl groups is 1. The second-order valence-electron chi connectivity index (χ2n) is 4.76. The number of hydrogen-bond donors (Lipinski definition) is 2. The quantitative estimate of drug-likeness (QED) is 0.579. The topological polar surface area (TPSA) is 109 Å². The molecule has 0 spiro atoms. The standard InChI is InChI=1S/C13H20N4O4/c1-9(2)16(5-4-6-18)13(19)10-7-12(14-3)15-8-11(10)17(20)21/h7-9,18H,4-6H2,1-3H3,(H,14,15). The Balaban J connectivity index is 3.21. The summed E-state index contributed by atoms with van der Waals surface area (Å²) in [6, 6.07) is 1.24. The second kappa shape index (κ2) is 7.53. The van der Waals surface area contributed by atoms with Gasteiger partial charge in [-0.2, -0.15) is 0 Å². The molecule has 0 aromatic carbocycles. The molecule has 0 aliphatic carbocycles. The summed E-state index contributed by atoms with van der Waals surface area (Å²) in [5.41, 5.74) is -0.334. The Morgan fingerprint density at radius 1 is 1.57 bits per heavy atom. The third kappa shape index (κ3) is 4.12. The van der Waals surface area contributed by atoms with Crippen LogP contribution < -0.4 is 5.32 Å². The first-order valence-electron chi connectivity index (χ1n) is 6.66. The molecule has 1 amide bonds. The molecule has 116 valence electrons. The van der Waals surface area contributed by atoms with Gasteiger partial charge in [0.25, 0.3) is 11.6 Å². The number of nitrogens with zero attached hydrogens (tertiary/aromatic N) is 3. The maximum atomic E-state index is 12.6. The molecular formula is C13H20N4O4. The van der Waals surface area contributed by atoms with Crippen molar-refractivity contribution in [2.45, 2.75) is 26.3 Å². The number of nitrogens with one attached hydrogen (secondary N) is 1. The van der Waals surface area contributed by atoms with Crippen LogP contribution in [0, 0.1) is 10.1 Å². The van der Waals surface area contributed by atoms with Gasteiger partial charge in [0.2, 0.25) is 0 Å². The largest absolute Gasteiger partial charge is 0.396 e. The number of hydrogen-bond acceptors (Lipinski definition) is 6. The number of aliphatic hydroxyl groups excluding tert-OH is 1. The van der Waals surface area contributed by atoms with Gasteiger partial charge in [-0.3, -0.25) is 14.9 Å². The minimum absolute atomic E-state index is 0.00834. The van der Waals surface area contributed by atoms with Crippen molar-refractivity contribution >= 4 is 17.4 Å². The zero-order valence-electron chi connectivity index (χ0n) is 12.4. The Bertz CT molecular complexity index is 519. The van der Waals surface area contributed by atoms with Crippen molar-refractivity contribution < 1.29 is 14.8 Å². The highest BCUT2D eigenvalue weighted by Gasteiger charge is 2.27. The number of carbonyl (C=O) groups is 1. The predicted molar refractivity (Wildman–Crippen MR) is 78.3 cm³/mol. The van der Waals surface area contributed by atoms with Gasteiger partial charge in [-0.15, -0.1) is 0 Å². The SMILES string of the molecule is CNc1cc(C(=O)N(CCCO)C(C)C)c([N+](=O)[O-])cn1. The first-order valence-corrected chi connectivity index (χ1v) is 6.66. The molecule has 1 aromatic heterocycles. The maximum Gasteiger partial charge on any atom is 0.300 e. The van der Waals surface area contributed by atoms with Gasteiger partial charge in [-0.25, -0.2) is 4.98 Å². The molecule has 8 nitrogen and oxygen atoms in total. The number of nitro groups is 1. The van der Waals surface area contributed by atoms with E-state index >= 15 is 0 Å². The Morgan fingerprint density at radius 3 is 2.71 bits per heavy atom. The van der Waals surface area contributed by atoms with E-state index in [0.29, 0.717) is 18.8 Å². The van der Waals surface area contributed by atoms with Crippen molar-refractivity contribution in [3.63, 3.8) is 0 Å². The van der Waals surface area contributed by atoms with Gasteiger partial charge in [0.1, 0.15) is 17.6 Å². The molecule has 0 atom stereocenters. The average Bonchev–Trinajstić information content (AvgIpc) is 2.46. The van der Waals surface area contributed by atoms with Gasteiger partial charge >= 0.3 is 0 Å². The molecule has 8 heteroatoms. The summed E-state index contributed by atoms with van der Waals surface area (Å²) in [4.78, 5) is 28.4. The van der Waals surface area contributed by atoms with Crippen molar-refractivity contribution in [1.29, 1.82) is 0 Å². The molecule has 0 aliphatic heterocycles. The van der Waals surface area contributed by atoms with Crippen molar-refractivity contribution in [3.8, 4) is 0 Å². The number of aromatic nitrogens is 1. The Kier molecular flexibility index (Phi) is 6.04. The first kappa shape index (κ1) is 16.8. The molecule has 21 heavy (non-hydrogen) atoms. The van der Waals surface area contributed by atoms with E-state index < -0.39 is 10.8 Å². The van der Waals surface area contributed by atoms with Crippen LogP contribution in [0.25, 0.3) is 0 Å². The molecule has 0 bridgehead atoms. The molecule has 0 fully saturated rings. The second-order valence-corrected chi connectivity index (χ2v) is 4.76. The Morgan fingerprint density at radius 2 is 2.24 bits per heavy atom. The van der Waals surface area contributed by atoms with Crippen LogP contribution in [0.3, 0.4) is 0 Å². The summed E-state index contributed by atoms with van der Waals surface area (Å²) in [6.45, 7) is 3.93. The molecule has 0 aliphatic rings. The fourth-order valence-corrected chi connectivity index (χ4v) is 1.89. The Hall–Kier alpha value is -2.22. The molecule has 0 unspecified atom stereocenters. The van der Waals surface area contributed by atoms with Crippen molar-refractivity contribution in [2.24, 2.45) is 0 Å². The highest BCUT2D eigenvalue weighted by molar-refractivity contribution is 5.98. The summed E-state index contributed by atoms with van der Waals surface area (Å²) in [5, 5.41) is 22.7. The van der Waals surface area contributed by atoms with E-state index in [1.165, 1.54) is 11.0 Å². The van der Waals surface area contributed by atoms with Gasteiger partial charge < -0.3 is 15.3 Å². The van der Waals surface area contributed by atoms with Crippen LogP contribution in [0.1, 0.15) is 30.6 Å². The average molecular weight is 296 g/mol. The lowest BCUT2D eigenvalue weighted by atomic mass is 10.1. The van der Waals surface area contributed by atoms with E-state index in [-0.39, 0.29) is 23.9 Å². The number of pyridine rings is 1. The molecule has 2 N–H and O–H groups in total. The predicted octanol–water partition coefficient (Wildman–Crippen LogP) is 1.26. The highest BCUT2D eigenvalue weighted by Crippen LogP contribution is 2.22. The van der Waals surface area contributed by atoms with Crippen LogP contribution in [-0.4, -0.2) is 52.1 Å². The van der Waals surface area contributed by atoms with E-state index in [1.807, 2.05) is 13.8 Å². The number of anilines is 1. The van der Waals surface area contributed by atoms with Crippen LogP contribution in [0.4, 0.5) is 11.5 Å². The van der Waals surface area contributed by atoms with Crippen LogP contribution in [0.15, 0.2) is 12.3 Å². The lowest BCUT2D eigenvalue weighted by Crippen LogP contribution is -2.38. The minimum atomic E-state index is -0.621. The number of amides is 1. The zero-order chi connectivity index (χ0) is 16.0. The summed E-state index contributed by atoms with van der Waals surface area (Å²) >= 11 is 0. The molecule has 1 aromatic rings. The van der Waals surface area contributed by atoms with E-state index in [9.17, 15) is 14.9 Å². The smallest absolute Gasteiger partial charge is 0.300 e. The zero-order valence-corrected chi connectivity index (χ0v) is 12.4. The van der Waals surface area contributed by atoms with Crippen LogP contribution >= 0.6 is 0 Å². The normalized spacial score (nSPS) is 10.5. The lowest BCUT2D eigenvalue weighted by molar-refractivity contribution is -0.385. The van der Waals surface area contributed by atoms with Gasteiger partial charge in [0, 0.05) is 32.3 Å². The number of carbonyl (C=O) groups excluding carboxylic acids is 1. The van der Waals surface area contributed by atoms with Crippen LogP contribution in [0.5, 0.6) is 0 Å². The molecule has 1 rings (SSSR count). The lowest BCUT2D eigenvalue weighted by Gasteiger charge is -2.26. The third-order valence-corrected chi connectivity index (χ3v) is 3.01. The maximum absolute atomic E-state index is 12.6. The molecule has 0 saturated carbocycles. The summed E-state index contributed by atoms with van der Waals surface area (Å²) in [5.74, 6) is -0.0566. The van der Waals surface area contributed by atoms with Gasteiger partial charge in [0.15, 0.2) is 0 Å². The molecule has 0 radical (unpaired) electrons. The highest BCUT2D eigenvalue weighted by atomic mass is 16.6. The third-order valence-electron chi connectivity index (χ3n) is 3.01. The van der Waals surface area contributed by atoms with Gasteiger partial charge in [-0.1, -0.05) is 0 Å². The summed E-state index contributed by atoms with van der Waals surface area (Å²) in [7, 11) is 1.62. The van der Waals surface area contributed by atoms with E-state index in [1.54, 1.807) is 7.05 Å². The van der Waals surface area contributed by atoms with Crippen molar-refractivity contribution in [1.82, 2.24) is 9.88 Å². The fourth-order valence-electron chi connectivity index (χ4n) is 1.89. The summed E-state index contributed by atoms with van der Waals surface area (Å²) < 4.78 is 0. The van der Waals surface area contributed by atoms with E-state index in [4.69, 9.17) is 5.11 Å². The van der Waals surface area contributed by atoms with Crippen molar-refractivity contribution in [3.05, 3.63) is 27.9 Å². The first-order chi connectivity index (χ1) is 9.92. The molecule has 0 saturated heterocycles. The Labute approximate surface area is 122 Å². The summed E-state index contributed by atoms with van der Waals surface area (Å²) in [6.07, 6.45) is 1.49. The monoisotopic (exact) mass is 296 g/mol.